The molecular formula is C19H31N3O2. The fraction of sp³-hybridized carbons (Fsp3) is 0.632. The smallest absolute Gasteiger partial charge is 0.315 e. The lowest BCUT2D eigenvalue weighted by Crippen LogP contribution is -2.49. The van der Waals surface area contributed by atoms with Gasteiger partial charge in [-0.25, -0.2) is 4.79 Å². The molecule has 0 spiro atoms. The van der Waals surface area contributed by atoms with Gasteiger partial charge in [0.05, 0.1) is 6.10 Å². The Kier molecular flexibility index (Phi) is 6.63. The van der Waals surface area contributed by atoms with Crippen molar-refractivity contribution >= 4 is 6.03 Å². The molecule has 5 heteroatoms. The van der Waals surface area contributed by atoms with Gasteiger partial charge in [0.1, 0.15) is 0 Å². The van der Waals surface area contributed by atoms with E-state index in [-0.39, 0.29) is 24.0 Å². The third kappa shape index (κ3) is 6.13. The molecule has 3 N–H and O–H groups in total. The predicted molar refractivity (Wildman–Crippen MR) is 96.7 cm³/mol. The molecule has 24 heavy (non-hydrogen) atoms. The quantitative estimate of drug-likeness (QED) is 0.775. The predicted octanol–water partition coefficient (Wildman–Crippen LogP) is 2.36. The van der Waals surface area contributed by atoms with Crippen molar-refractivity contribution < 1.29 is 9.90 Å². The molecule has 1 heterocycles. The number of hydrogen-bond acceptors (Lipinski definition) is 3. The topological polar surface area (TPSA) is 64.6 Å². The van der Waals surface area contributed by atoms with E-state index in [0.29, 0.717) is 0 Å². The number of nitrogens with zero attached hydrogens (tertiary/aromatic N) is 1. The highest BCUT2D eigenvalue weighted by Crippen LogP contribution is 2.18. The van der Waals surface area contributed by atoms with Crippen LogP contribution in [0.1, 0.15) is 39.2 Å². The van der Waals surface area contributed by atoms with E-state index in [4.69, 9.17) is 0 Å². The molecule has 0 aliphatic carbocycles. The monoisotopic (exact) mass is 333 g/mol. The summed E-state index contributed by atoms with van der Waals surface area (Å²) in [5, 5.41) is 15.8. The minimum Gasteiger partial charge on any atom is -0.391 e. The average molecular weight is 333 g/mol. The van der Waals surface area contributed by atoms with Gasteiger partial charge in [-0.1, -0.05) is 51.1 Å². The second kappa shape index (κ2) is 8.49. The summed E-state index contributed by atoms with van der Waals surface area (Å²) >= 11 is 0. The standard InChI is InChI=1S/C19H31N3O2/c1-19(2,3)17(23)13-20-18(24)21-16-9-11-22(12-10-16)14-15-7-5-4-6-8-15/h4-8,16-17,23H,9-14H2,1-3H3,(H2,20,21,24). The van der Waals surface area contributed by atoms with Crippen LogP contribution in [0.3, 0.4) is 0 Å². The lowest BCUT2D eigenvalue weighted by atomic mass is 9.89. The van der Waals surface area contributed by atoms with Crippen molar-refractivity contribution in [1.29, 1.82) is 0 Å². The van der Waals surface area contributed by atoms with Gasteiger partial charge in [-0.3, -0.25) is 4.90 Å². The van der Waals surface area contributed by atoms with Crippen LogP contribution in [0.15, 0.2) is 30.3 Å². The van der Waals surface area contributed by atoms with Crippen molar-refractivity contribution in [3.63, 3.8) is 0 Å². The lowest BCUT2D eigenvalue weighted by molar-refractivity contribution is 0.0647. The Balaban J connectivity index is 1.66. The van der Waals surface area contributed by atoms with E-state index < -0.39 is 6.10 Å². The number of likely N-dealkylation sites (tertiary alicyclic amines) is 1. The fourth-order valence-corrected chi connectivity index (χ4v) is 2.81. The van der Waals surface area contributed by atoms with Gasteiger partial charge in [0.25, 0.3) is 0 Å². The molecule has 0 aromatic heterocycles. The largest absolute Gasteiger partial charge is 0.391 e. The summed E-state index contributed by atoms with van der Waals surface area (Å²) in [4.78, 5) is 14.4. The number of piperidine rings is 1. The zero-order valence-electron chi connectivity index (χ0n) is 15.1. The summed E-state index contributed by atoms with van der Waals surface area (Å²) in [6.45, 7) is 9.10. The van der Waals surface area contributed by atoms with E-state index in [1.54, 1.807) is 0 Å². The summed E-state index contributed by atoms with van der Waals surface area (Å²) in [5.41, 5.74) is 1.11. The van der Waals surface area contributed by atoms with Crippen LogP contribution < -0.4 is 10.6 Å². The molecule has 1 aliphatic rings. The van der Waals surface area contributed by atoms with Crippen LogP contribution >= 0.6 is 0 Å². The maximum atomic E-state index is 12.0. The summed E-state index contributed by atoms with van der Waals surface area (Å²) in [6.07, 6.45) is 1.38. The number of rotatable bonds is 5. The molecule has 1 saturated heterocycles. The summed E-state index contributed by atoms with van der Waals surface area (Å²) in [7, 11) is 0. The van der Waals surface area contributed by atoms with Crippen molar-refractivity contribution in [2.45, 2.75) is 52.3 Å². The first-order valence-corrected chi connectivity index (χ1v) is 8.83. The van der Waals surface area contributed by atoms with E-state index in [1.807, 2.05) is 26.8 Å². The molecule has 5 nitrogen and oxygen atoms in total. The Morgan fingerprint density at radius 3 is 2.46 bits per heavy atom. The summed E-state index contributed by atoms with van der Waals surface area (Å²) in [5.74, 6) is 0. The number of urea groups is 1. The molecule has 1 aromatic carbocycles. The number of carbonyl (C=O) groups excluding carboxylic acids is 1. The summed E-state index contributed by atoms with van der Waals surface area (Å²) < 4.78 is 0. The lowest BCUT2D eigenvalue weighted by Gasteiger charge is -2.32. The normalized spacial score (nSPS) is 18.2. The average Bonchev–Trinajstić information content (AvgIpc) is 2.54. The van der Waals surface area contributed by atoms with E-state index >= 15 is 0 Å². The van der Waals surface area contributed by atoms with Crippen molar-refractivity contribution in [1.82, 2.24) is 15.5 Å². The number of amides is 2. The number of aliphatic hydroxyl groups is 1. The molecule has 1 unspecified atom stereocenters. The number of benzene rings is 1. The van der Waals surface area contributed by atoms with Gasteiger partial charge in [0.2, 0.25) is 0 Å². The van der Waals surface area contributed by atoms with Crippen LogP contribution in [0.5, 0.6) is 0 Å². The zero-order valence-corrected chi connectivity index (χ0v) is 15.1. The Morgan fingerprint density at radius 1 is 1.25 bits per heavy atom. The van der Waals surface area contributed by atoms with Crippen molar-refractivity contribution in [3.05, 3.63) is 35.9 Å². The Hall–Kier alpha value is -1.59. The van der Waals surface area contributed by atoms with Crippen LogP contribution in [0.2, 0.25) is 0 Å². The number of hydrogen-bond donors (Lipinski definition) is 3. The molecule has 2 rings (SSSR count). The molecule has 0 radical (unpaired) electrons. The van der Waals surface area contributed by atoms with E-state index in [9.17, 15) is 9.90 Å². The second-order valence-corrected chi connectivity index (χ2v) is 7.77. The number of aliphatic hydroxyl groups excluding tert-OH is 1. The van der Waals surface area contributed by atoms with Gasteiger partial charge in [0, 0.05) is 32.2 Å². The minimum atomic E-state index is -0.545. The third-order valence-corrected chi connectivity index (χ3v) is 4.63. The van der Waals surface area contributed by atoms with Crippen LogP contribution in [0.4, 0.5) is 4.79 Å². The maximum absolute atomic E-state index is 12.0. The van der Waals surface area contributed by atoms with Crippen LogP contribution in [0.25, 0.3) is 0 Å². The first-order valence-electron chi connectivity index (χ1n) is 8.83. The van der Waals surface area contributed by atoms with Gasteiger partial charge in [-0.05, 0) is 23.8 Å². The third-order valence-electron chi connectivity index (χ3n) is 4.63. The highest BCUT2D eigenvalue weighted by atomic mass is 16.3. The zero-order chi connectivity index (χ0) is 17.6. The maximum Gasteiger partial charge on any atom is 0.315 e. The Labute approximate surface area is 145 Å². The first-order chi connectivity index (χ1) is 11.3. The molecule has 2 amide bonds. The van der Waals surface area contributed by atoms with Crippen molar-refractivity contribution in [2.75, 3.05) is 19.6 Å². The second-order valence-electron chi connectivity index (χ2n) is 7.77. The van der Waals surface area contributed by atoms with Crippen molar-refractivity contribution in [2.24, 2.45) is 5.41 Å². The van der Waals surface area contributed by atoms with Gasteiger partial charge in [0.15, 0.2) is 0 Å². The first kappa shape index (κ1) is 18.7. The molecule has 1 aromatic rings. The van der Waals surface area contributed by atoms with Gasteiger partial charge in [-0.2, -0.15) is 0 Å². The van der Waals surface area contributed by atoms with E-state index in [1.165, 1.54) is 5.56 Å². The Morgan fingerprint density at radius 2 is 1.88 bits per heavy atom. The SMILES string of the molecule is CC(C)(C)C(O)CNC(=O)NC1CCN(Cc2ccccc2)CC1. The molecule has 1 fully saturated rings. The fourth-order valence-electron chi connectivity index (χ4n) is 2.81. The van der Waals surface area contributed by atoms with Crippen molar-refractivity contribution in [3.8, 4) is 0 Å². The summed E-state index contributed by atoms with van der Waals surface area (Å²) in [6, 6.07) is 10.5. The van der Waals surface area contributed by atoms with Gasteiger partial charge >= 0.3 is 6.03 Å². The number of carbonyl (C=O) groups is 1. The van der Waals surface area contributed by atoms with E-state index in [0.717, 1.165) is 32.5 Å². The molecule has 0 bridgehead atoms. The number of nitrogens with one attached hydrogen (secondary N) is 2. The molecule has 1 aliphatic heterocycles. The highest BCUT2D eigenvalue weighted by Gasteiger charge is 2.24. The van der Waals surface area contributed by atoms with Crippen LogP contribution in [-0.4, -0.2) is 47.8 Å². The highest BCUT2D eigenvalue weighted by molar-refractivity contribution is 5.74. The van der Waals surface area contributed by atoms with E-state index in [2.05, 4.69) is 39.8 Å². The van der Waals surface area contributed by atoms with Gasteiger partial charge in [-0.15, -0.1) is 0 Å². The minimum absolute atomic E-state index is 0.181. The van der Waals surface area contributed by atoms with Crippen LogP contribution in [0, 0.1) is 5.41 Å². The molecule has 1 atom stereocenters. The Bertz CT molecular complexity index is 505. The molecule has 134 valence electrons. The molecule has 0 saturated carbocycles. The van der Waals surface area contributed by atoms with Crippen LogP contribution in [-0.2, 0) is 6.54 Å². The van der Waals surface area contributed by atoms with Gasteiger partial charge < -0.3 is 15.7 Å². The molecular weight excluding hydrogens is 302 g/mol.